The third-order valence-corrected chi connectivity index (χ3v) is 3.55. The fourth-order valence-corrected chi connectivity index (χ4v) is 2.84. The Hall–Kier alpha value is -0.570. The van der Waals surface area contributed by atoms with E-state index in [0.717, 1.165) is 12.1 Å². The van der Waals surface area contributed by atoms with E-state index in [1.165, 1.54) is 32.2 Å². The minimum Gasteiger partial charge on any atom is -0.411 e. The molecule has 0 aromatic heterocycles. The zero-order chi connectivity index (χ0) is 9.26. The van der Waals surface area contributed by atoms with Gasteiger partial charge in [-0.15, -0.1) is 0 Å². The molecule has 0 aromatic carbocycles. The number of hydrogen-bond acceptors (Lipinski definition) is 3. The molecule has 0 amide bonds. The largest absolute Gasteiger partial charge is 0.411 e. The van der Waals surface area contributed by atoms with Gasteiger partial charge in [0.1, 0.15) is 0 Å². The first-order valence-electron chi connectivity index (χ1n) is 5.24. The highest BCUT2D eigenvalue weighted by Gasteiger charge is 2.35. The van der Waals surface area contributed by atoms with Crippen LogP contribution < -0.4 is 0 Å². The van der Waals surface area contributed by atoms with Crippen LogP contribution in [0.4, 0.5) is 0 Å². The van der Waals surface area contributed by atoms with Gasteiger partial charge in [-0.3, -0.25) is 0 Å². The first-order chi connectivity index (χ1) is 6.33. The minimum atomic E-state index is 0.539. The van der Waals surface area contributed by atoms with Gasteiger partial charge < -0.3 is 10.1 Å². The van der Waals surface area contributed by atoms with Gasteiger partial charge in [-0.1, -0.05) is 5.16 Å². The van der Waals surface area contributed by atoms with Crippen LogP contribution in [0.1, 0.15) is 32.1 Å². The molecule has 13 heavy (non-hydrogen) atoms. The molecule has 2 aliphatic rings. The van der Waals surface area contributed by atoms with Gasteiger partial charge in [0, 0.05) is 12.0 Å². The fraction of sp³-hybridized carbons (Fsp3) is 0.900. The Balaban J connectivity index is 2.14. The predicted octanol–water partition coefficient (Wildman–Crippen LogP) is 1.71. The highest BCUT2D eigenvalue weighted by Crippen LogP contribution is 2.32. The van der Waals surface area contributed by atoms with Crippen molar-refractivity contribution in [3.8, 4) is 0 Å². The van der Waals surface area contributed by atoms with E-state index in [1.54, 1.807) is 0 Å². The zero-order valence-corrected chi connectivity index (χ0v) is 8.24. The van der Waals surface area contributed by atoms with E-state index in [2.05, 4.69) is 17.1 Å². The number of oxime groups is 1. The third-order valence-electron chi connectivity index (χ3n) is 3.55. The van der Waals surface area contributed by atoms with Crippen LogP contribution in [-0.2, 0) is 0 Å². The molecule has 74 valence electrons. The van der Waals surface area contributed by atoms with E-state index >= 15 is 0 Å². The van der Waals surface area contributed by atoms with Crippen LogP contribution in [0.3, 0.4) is 0 Å². The normalized spacial score (nSPS) is 39.0. The van der Waals surface area contributed by atoms with Crippen LogP contribution >= 0.6 is 0 Å². The van der Waals surface area contributed by atoms with Gasteiger partial charge in [0.25, 0.3) is 0 Å². The molecule has 0 radical (unpaired) electrons. The summed E-state index contributed by atoms with van der Waals surface area (Å²) < 4.78 is 0. The number of fused-ring (bicyclic) bond motifs is 1. The van der Waals surface area contributed by atoms with E-state index in [1.807, 2.05) is 0 Å². The second-order valence-corrected chi connectivity index (χ2v) is 4.28. The molecule has 1 heterocycles. The molecule has 1 aliphatic heterocycles. The molecule has 3 nitrogen and oxygen atoms in total. The summed E-state index contributed by atoms with van der Waals surface area (Å²) in [7, 11) is 2.19. The average molecular weight is 182 g/mol. The Labute approximate surface area is 79.4 Å². The molecule has 1 saturated carbocycles. The summed E-state index contributed by atoms with van der Waals surface area (Å²) in [5.41, 5.74) is 1.04. The summed E-state index contributed by atoms with van der Waals surface area (Å²) in [6, 6.07) is 0.647. The number of hydrogen-bond donors (Lipinski definition) is 1. The molecule has 3 heteroatoms. The van der Waals surface area contributed by atoms with Crippen LogP contribution in [0.25, 0.3) is 0 Å². The fourth-order valence-electron chi connectivity index (χ4n) is 2.84. The lowest BCUT2D eigenvalue weighted by atomic mass is 9.77. The van der Waals surface area contributed by atoms with Crippen molar-refractivity contribution < 1.29 is 5.21 Å². The quantitative estimate of drug-likeness (QED) is 0.457. The molecule has 0 spiro atoms. The van der Waals surface area contributed by atoms with Gasteiger partial charge >= 0.3 is 0 Å². The second-order valence-electron chi connectivity index (χ2n) is 4.28. The van der Waals surface area contributed by atoms with Crippen molar-refractivity contribution in [1.82, 2.24) is 4.90 Å². The Morgan fingerprint density at radius 3 is 3.00 bits per heavy atom. The highest BCUT2D eigenvalue weighted by atomic mass is 16.4. The van der Waals surface area contributed by atoms with Crippen molar-refractivity contribution in [2.75, 3.05) is 13.6 Å². The van der Waals surface area contributed by atoms with Crippen molar-refractivity contribution in [3.05, 3.63) is 0 Å². The minimum absolute atomic E-state index is 0.539. The average Bonchev–Trinajstić information content (AvgIpc) is 2.18. The molecular weight excluding hydrogens is 164 g/mol. The van der Waals surface area contributed by atoms with Gasteiger partial charge in [0.05, 0.1) is 5.71 Å². The smallest absolute Gasteiger partial charge is 0.0617 e. The molecule has 2 atom stereocenters. The van der Waals surface area contributed by atoms with Crippen molar-refractivity contribution in [3.63, 3.8) is 0 Å². The lowest BCUT2D eigenvalue weighted by Gasteiger charge is -2.42. The van der Waals surface area contributed by atoms with Crippen molar-refractivity contribution >= 4 is 5.71 Å². The monoisotopic (exact) mass is 182 g/mol. The van der Waals surface area contributed by atoms with Gasteiger partial charge in [-0.05, 0) is 45.7 Å². The van der Waals surface area contributed by atoms with Crippen LogP contribution in [0.5, 0.6) is 0 Å². The summed E-state index contributed by atoms with van der Waals surface area (Å²) in [6.07, 6.45) is 5.93. The number of rotatable bonds is 0. The van der Waals surface area contributed by atoms with Gasteiger partial charge in [-0.2, -0.15) is 0 Å². The summed E-state index contributed by atoms with van der Waals surface area (Å²) in [5.74, 6) is 0.539. The predicted molar refractivity (Wildman–Crippen MR) is 52.2 cm³/mol. The molecule has 0 bridgehead atoms. The van der Waals surface area contributed by atoms with E-state index < -0.39 is 0 Å². The number of nitrogens with zero attached hydrogens (tertiary/aromatic N) is 2. The topological polar surface area (TPSA) is 35.8 Å². The molecule has 2 rings (SSSR count). The van der Waals surface area contributed by atoms with Crippen LogP contribution in [0, 0.1) is 5.92 Å². The summed E-state index contributed by atoms with van der Waals surface area (Å²) in [4.78, 5) is 2.43. The Morgan fingerprint density at radius 1 is 1.38 bits per heavy atom. The lowest BCUT2D eigenvalue weighted by molar-refractivity contribution is 0.131. The maximum atomic E-state index is 8.89. The Morgan fingerprint density at radius 2 is 2.23 bits per heavy atom. The van der Waals surface area contributed by atoms with Crippen LogP contribution in [0.15, 0.2) is 5.16 Å². The molecule has 1 N–H and O–H groups in total. The number of likely N-dealkylation sites (tertiary alicyclic amines) is 1. The van der Waals surface area contributed by atoms with E-state index in [4.69, 9.17) is 5.21 Å². The first-order valence-corrected chi connectivity index (χ1v) is 5.24. The second kappa shape index (κ2) is 3.66. The van der Waals surface area contributed by atoms with E-state index in [0.29, 0.717) is 12.0 Å². The van der Waals surface area contributed by atoms with Crippen molar-refractivity contribution in [2.24, 2.45) is 11.1 Å². The first kappa shape index (κ1) is 9.00. The van der Waals surface area contributed by atoms with Gasteiger partial charge in [0.15, 0.2) is 0 Å². The van der Waals surface area contributed by atoms with E-state index in [9.17, 15) is 0 Å². The van der Waals surface area contributed by atoms with E-state index in [-0.39, 0.29) is 0 Å². The maximum absolute atomic E-state index is 8.89. The molecule has 2 fully saturated rings. The third kappa shape index (κ3) is 1.57. The lowest BCUT2D eigenvalue weighted by Crippen LogP contribution is -2.47. The van der Waals surface area contributed by atoms with Crippen LogP contribution in [-0.4, -0.2) is 35.5 Å². The van der Waals surface area contributed by atoms with Crippen LogP contribution in [0.2, 0.25) is 0 Å². The number of piperidine rings is 1. The maximum Gasteiger partial charge on any atom is 0.0617 e. The molecule has 2 unspecified atom stereocenters. The Bertz CT molecular complexity index is 215. The van der Waals surface area contributed by atoms with Crippen molar-refractivity contribution in [2.45, 2.75) is 38.1 Å². The van der Waals surface area contributed by atoms with Crippen molar-refractivity contribution in [1.29, 1.82) is 0 Å². The molecule has 0 aromatic rings. The molecule has 1 saturated heterocycles. The molecular formula is C10H18N2O. The molecule has 1 aliphatic carbocycles. The zero-order valence-electron chi connectivity index (χ0n) is 8.24. The Kier molecular flexibility index (Phi) is 2.54. The summed E-state index contributed by atoms with van der Waals surface area (Å²) in [5, 5.41) is 12.3. The summed E-state index contributed by atoms with van der Waals surface area (Å²) >= 11 is 0. The highest BCUT2D eigenvalue weighted by molar-refractivity contribution is 5.87. The van der Waals surface area contributed by atoms with Gasteiger partial charge in [-0.25, -0.2) is 0 Å². The summed E-state index contributed by atoms with van der Waals surface area (Å²) in [6.45, 7) is 1.21. The standard InChI is InChI=1S/C10H18N2O/c1-12-7-3-4-8-9(11-13)5-2-6-10(8)12/h8,10,13H,2-7H2,1H3. The SMILES string of the molecule is CN1CCCC2C(=NO)CCCC21. The van der Waals surface area contributed by atoms with Gasteiger partial charge in [0.2, 0.25) is 0 Å².